The molecule has 2 aliphatic heterocycles. The van der Waals surface area contributed by atoms with Crippen molar-refractivity contribution in [2.75, 3.05) is 26.7 Å². The van der Waals surface area contributed by atoms with Crippen molar-refractivity contribution >= 4 is 29.1 Å². The fourth-order valence-corrected chi connectivity index (χ4v) is 6.20. The van der Waals surface area contributed by atoms with Crippen LogP contribution in [0.2, 0.25) is 0 Å². The minimum absolute atomic E-state index is 0.00964. The summed E-state index contributed by atoms with van der Waals surface area (Å²) >= 11 is 1.40. The van der Waals surface area contributed by atoms with E-state index in [1.807, 2.05) is 51.2 Å². The number of likely N-dealkylation sites (N-methyl/N-ethyl adjacent to an activating group) is 1. The second-order valence-corrected chi connectivity index (χ2v) is 11.9. The average molecular weight is 570 g/mol. The minimum Gasteiger partial charge on any atom is -0.371 e. The molecule has 9 nitrogen and oxygen atoms in total. The summed E-state index contributed by atoms with van der Waals surface area (Å²) in [7, 11) is 1.97. The Labute approximate surface area is 241 Å². The lowest BCUT2D eigenvalue weighted by Gasteiger charge is -2.34. The summed E-state index contributed by atoms with van der Waals surface area (Å²) in [6.07, 6.45) is 5.45. The Morgan fingerprint density at radius 1 is 1.18 bits per heavy atom. The van der Waals surface area contributed by atoms with Crippen LogP contribution < -0.4 is 16.0 Å². The van der Waals surface area contributed by atoms with E-state index >= 15 is 0 Å². The molecule has 1 aromatic carbocycles. The van der Waals surface area contributed by atoms with Gasteiger partial charge in [0.2, 0.25) is 11.8 Å². The molecule has 2 fully saturated rings. The fourth-order valence-electron chi connectivity index (χ4n) is 5.34. The summed E-state index contributed by atoms with van der Waals surface area (Å²) < 4.78 is 5.98. The van der Waals surface area contributed by atoms with E-state index in [0.717, 1.165) is 43.7 Å². The van der Waals surface area contributed by atoms with Crippen LogP contribution in [-0.2, 0) is 20.7 Å². The number of hydrogen-bond acceptors (Lipinski definition) is 7. The lowest BCUT2D eigenvalue weighted by atomic mass is 9.95. The van der Waals surface area contributed by atoms with Crippen LogP contribution in [0.5, 0.6) is 0 Å². The predicted molar refractivity (Wildman–Crippen MR) is 156 cm³/mol. The average Bonchev–Trinajstić information content (AvgIpc) is 3.47. The number of hydrogen-bond donors (Lipinski definition) is 3. The van der Waals surface area contributed by atoms with Gasteiger partial charge < -0.3 is 20.7 Å². The Balaban J connectivity index is 1.30. The zero-order valence-corrected chi connectivity index (χ0v) is 24.7. The molecule has 4 rings (SSSR count). The standard InChI is InChI=1S/C30H43N5O4S/c1-4-20(2)26(34-28(37)24-12-8-9-16-35(24)3)29(38)32-22-14-17-39-25(18-22)30-33-23(19-40-30)27(36)31-15-13-21-10-6-5-7-11-21/h5-7,10-11,19-20,22,24-26H,4,8-9,12-18H2,1-3H3,(H,31,36)(H,32,38)(H,34,37)/t20-,22-,24+,25+,26-/m0/s1. The largest absolute Gasteiger partial charge is 0.371 e. The first-order chi connectivity index (χ1) is 19.4. The first-order valence-electron chi connectivity index (χ1n) is 14.6. The number of carbonyl (C=O) groups is 3. The Bertz CT molecular complexity index is 1130. The maximum atomic E-state index is 13.4. The van der Waals surface area contributed by atoms with Gasteiger partial charge in [0.15, 0.2) is 0 Å². The Morgan fingerprint density at radius 2 is 1.98 bits per heavy atom. The number of likely N-dealkylation sites (tertiary alicyclic amines) is 1. The lowest BCUT2D eigenvalue weighted by molar-refractivity contribution is -0.134. The number of amides is 3. The quantitative estimate of drug-likeness (QED) is 0.382. The number of thiazole rings is 1. The van der Waals surface area contributed by atoms with Crippen LogP contribution in [0.15, 0.2) is 35.7 Å². The van der Waals surface area contributed by atoms with Gasteiger partial charge in [0.25, 0.3) is 5.91 Å². The van der Waals surface area contributed by atoms with Crippen molar-refractivity contribution in [3.8, 4) is 0 Å². The zero-order valence-electron chi connectivity index (χ0n) is 23.9. The van der Waals surface area contributed by atoms with Crippen molar-refractivity contribution < 1.29 is 19.1 Å². The highest BCUT2D eigenvalue weighted by Gasteiger charge is 2.34. The van der Waals surface area contributed by atoms with Gasteiger partial charge in [0, 0.05) is 31.0 Å². The highest BCUT2D eigenvalue weighted by atomic mass is 32.1. The number of carbonyl (C=O) groups excluding carboxylic acids is 3. The van der Waals surface area contributed by atoms with Crippen LogP contribution in [0.25, 0.3) is 0 Å². The number of rotatable bonds is 11. The van der Waals surface area contributed by atoms with E-state index in [2.05, 4.69) is 25.8 Å². The topological polar surface area (TPSA) is 113 Å². The molecule has 2 saturated heterocycles. The molecule has 40 heavy (non-hydrogen) atoms. The van der Waals surface area contributed by atoms with E-state index in [4.69, 9.17) is 4.74 Å². The van der Waals surface area contributed by atoms with Crippen LogP contribution in [-0.4, -0.2) is 72.5 Å². The molecule has 218 valence electrons. The summed E-state index contributed by atoms with van der Waals surface area (Å²) in [4.78, 5) is 45.7. The van der Waals surface area contributed by atoms with Gasteiger partial charge in [-0.05, 0) is 50.8 Å². The number of aromatic nitrogens is 1. The first-order valence-corrected chi connectivity index (χ1v) is 15.4. The minimum atomic E-state index is -0.583. The van der Waals surface area contributed by atoms with Crippen LogP contribution in [0.3, 0.4) is 0 Å². The first kappa shape index (κ1) is 30.1. The monoisotopic (exact) mass is 569 g/mol. The third-order valence-electron chi connectivity index (χ3n) is 8.07. The molecule has 1 aromatic heterocycles. The van der Waals surface area contributed by atoms with Crippen LogP contribution in [0.1, 0.15) is 79.5 Å². The summed E-state index contributed by atoms with van der Waals surface area (Å²) in [5, 5.41) is 11.7. The predicted octanol–water partition coefficient (Wildman–Crippen LogP) is 3.47. The SMILES string of the molecule is CC[C@H](C)[C@H](NC(=O)[C@H]1CCCCN1C)C(=O)N[C@H]1CCO[C@@H](c2nc(C(=O)NCCc3ccccc3)cs2)C1. The van der Waals surface area contributed by atoms with Gasteiger partial charge in [-0.3, -0.25) is 19.3 Å². The fraction of sp³-hybridized carbons (Fsp3) is 0.600. The van der Waals surface area contributed by atoms with Gasteiger partial charge in [-0.1, -0.05) is 57.0 Å². The van der Waals surface area contributed by atoms with Gasteiger partial charge in [-0.15, -0.1) is 11.3 Å². The molecular formula is C30H43N5O4S. The number of piperidine rings is 1. The van der Waals surface area contributed by atoms with E-state index in [0.29, 0.717) is 31.7 Å². The molecule has 3 heterocycles. The highest BCUT2D eigenvalue weighted by molar-refractivity contribution is 7.09. The molecule has 2 aliphatic rings. The second-order valence-electron chi connectivity index (χ2n) is 11.0. The molecule has 3 amide bonds. The molecule has 0 bridgehead atoms. The van der Waals surface area contributed by atoms with E-state index in [-0.39, 0.29) is 41.8 Å². The van der Waals surface area contributed by atoms with Gasteiger partial charge in [0.05, 0.1) is 6.04 Å². The number of nitrogens with one attached hydrogen (secondary N) is 3. The van der Waals surface area contributed by atoms with E-state index < -0.39 is 6.04 Å². The third kappa shape index (κ3) is 8.11. The number of ether oxygens (including phenoxy) is 1. The molecule has 10 heteroatoms. The molecule has 3 N–H and O–H groups in total. The number of nitrogens with zero attached hydrogens (tertiary/aromatic N) is 2. The molecular weight excluding hydrogens is 526 g/mol. The van der Waals surface area contributed by atoms with Crippen LogP contribution >= 0.6 is 11.3 Å². The van der Waals surface area contributed by atoms with Gasteiger partial charge in [0.1, 0.15) is 22.8 Å². The van der Waals surface area contributed by atoms with Gasteiger partial charge in [-0.2, -0.15) is 0 Å². The maximum absolute atomic E-state index is 13.4. The lowest BCUT2D eigenvalue weighted by Crippen LogP contribution is -2.57. The van der Waals surface area contributed by atoms with Crippen LogP contribution in [0.4, 0.5) is 0 Å². The highest BCUT2D eigenvalue weighted by Crippen LogP contribution is 2.30. The molecule has 5 atom stereocenters. The van der Waals surface area contributed by atoms with Crippen molar-refractivity contribution in [1.29, 1.82) is 0 Å². The Kier molecular flexibility index (Phi) is 11.1. The number of benzene rings is 1. The van der Waals surface area contributed by atoms with Gasteiger partial charge in [-0.25, -0.2) is 4.98 Å². The smallest absolute Gasteiger partial charge is 0.270 e. The normalized spacial score (nSPS) is 23.1. The van der Waals surface area contributed by atoms with Crippen molar-refractivity contribution in [3.05, 3.63) is 52.0 Å². The summed E-state index contributed by atoms with van der Waals surface area (Å²) in [6, 6.07) is 9.16. The van der Waals surface area contributed by atoms with Crippen molar-refractivity contribution in [2.24, 2.45) is 5.92 Å². The zero-order chi connectivity index (χ0) is 28.5. The van der Waals surface area contributed by atoms with E-state index in [1.165, 1.54) is 16.9 Å². The van der Waals surface area contributed by atoms with Crippen molar-refractivity contribution in [2.45, 2.75) is 83.0 Å². The molecule has 0 unspecified atom stereocenters. The second kappa shape index (κ2) is 14.7. The summed E-state index contributed by atoms with van der Waals surface area (Å²) in [5.74, 6) is -0.403. The third-order valence-corrected chi connectivity index (χ3v) is 9.01. The van der Waals surface area contributed by atoms with E-state index in [1.54, 1.807) is 5.38 Å². The molecule has 0 aliphatic carbocycles. The molecule has 0 radical (unpaired) electrons. The summed E-state index contributed by atoms with van der Waals surface area (Å²) in [6.45, 7) is 5.96. The van der Waals surface area contributed by atoms with Crippen molar-refractivity contribution in [3.63, 3.8) is 0 Å². The Hall–Kier alpha value is -2.82. The molecule has 0 saturated carbocycles. The Morgan fingerprint density at radius 3 is 2.73 bits per heavy atom. The molecule has 2 aromatic rings. The summed E-state index contributed by atoms with van der Waals surface area (Å²) in [5.41, 5.74) is 1.55. The van der Waals surface area contributed by atoms with E-state index in [9.17, 15) is 14.4 Å². The van der Waals surface area contributed by atoms with Crippen LogP contribution in [0, 0.1) is 5.92 Å². The molecule has 0 spiro atoms. The van der Waals surface area contributed by atoms with Gasteiger partial charge >= 0.3 is 0 Å². The van der Waals surface area contributed by atoms with Crippen molar-refractivity contribution in [1.82, 2.24) is 25.8 Å². The maximum Gasteiger partial charge on any atom is 0.270 e.